The van der Waals surface area contributed by atoms with Crippen LogP contribution in [0.15, 0.2) is 24.3 Å². The van der Waals surface area contributed by atoms with Gasteiger partial charge in [-0.2, -0.15) is 0 Å². The van der Waals surface area contributed by atoms with Crippen molar-refractivity contribution in [2.45, 2.75) is 32.2 Å². The maximum absolute atomic E-state index is 11.7. The molecule has 0 spiro atoms. The molecule has 2 rings (SSSR count). The van der Waals surface area contributed by atoms with Crippen molar-refractivity contribution in [3.63, 3.8) is 0 Å². The van der Waals surface area contributed by atoms with Gasteiger partial charge in [0.25, 0.3) is 0 Å². The molecule has 0 saturated carbocycles. The van der Waals surface area contributed by atoms with Crippen LogP contribution >= 0.6 is 0 Å². The van der Waals surface area contributed by atoms with Gasteiger partial charge in [0, 0.05) is 5.41 Å². The first-order valence-corrected chi connectivity index (χ1v) is 6.01. The molecule has 1 heterocycles. The highest BCUT2D eigenvalue weighted by Gasteiger charge is 2.40. The average molecular weight is 220 g/mol. The van der Waals surface area contributed by atoms with Gasteiger partial charge in [0.05, 0.1) is 6.04 Å². The Balaban J connectivity index is 2.21. The van der Waals surface area contributed by atoms with Crippen molar-refractivity contribution >= 4 is 5.91 Å². The molecule has 3 heteroatoms. The van der Waals surface area contributed by atoms with Crippen molar-refractivity contribution in [2.75, 3.05) is 13.1 Å². The van der Waals surface area contributed by atoms with Gasteiger partial charge in [0.15, 0.2) is 0 Å². The zero-order valence-corrected chi connectivity index (χ0v) is 9.86. The number of hydrogen-bond acceptors (Lipinski definition) is 2. The molecule has 0 bridgehead atoms. The van der Waals surface area contributed by atoms with E-state index < -0.39 is 0 Å². The summed E-state index contributed by atoms with van der Waals surface area (Å²) in [7, 11) is 0. The van der Waals surface area contributed by atoms with Crippen LogP contribution in [-0.2, 0) is 4.79 Å². The third-order valence-corrected chi connectivity index (χ3v) is 3.68. The number of nitrogens with two attached hydrogens (primary N) is 1. The SMILES string of the molecule is CC1(C(C(N)=O)N2CCCC2)C=CC=CC1. The molecule has 3 nitrogen and oxygen atoms in total. The first-order valence-electron chi connectivity index (χ1n) is 6.01. The van der Waals surface area contributed by atoms with Crippen molar-refractivity contribution < 1.29 is 4.79 Å². The van der Waals surface area contributed by atoms with E-state index in [0.717, 1.165) is 19.5 Å². The summed E-state index contributed by atoms with van der Waals surface area (Å²) >= 11 is 0. The predicted molar refractivity (Wildman–Crippen MR) is 64.8 cm³/mol. The van der Waals surface area contributed by atoms with E-state index in [-0.39, 0.29) is 17.4 Å². The van der Waals surface area contributed by atoms with Crippen LogP contribution in [0.25, 0.3) is 0 Å². The second kappa shape index (κ2) is 4.42. The molecule has 2 atom stereocenters. The summed E-state index contributed by atoms with van der Waals surface area (Å²) in [5.74, 6) is -0.190. The minimum atomic E-state index is -0.190. The third kappa shape index (κ3) is 2.05. The Bertz CT molecular complexity index is 329. The smallest absolute Gasteiger partial charge is 0.235 e. The van der Waals surface area contributed by atoms with Crippen LogP contribution in [0.3, 0.4) is 0 Å². The molecule has 16 heavy (non-hydrogen) atoms. The molecule has 0 aromatic rings. The number of carbonyl (C=O) groups excluding carboxylic acids is 1. The molecular formula is C13H20N2O. The molecule has 0 aromatic heterocycles. The third-order valence-electron chi connectivity index (χ3n) is 3.68. The molecule has 88 valence electrons. The van der Waals surface area contributed by atoms with Crippen LogP contribution in [0.5, 0.6) is 0 Å². The molecule has 2 aliphatic rings. The molecule has 0 radical (unpaired) electrons. The summed E-state index contributed by atoms with van der Waals surface area (Å²) in [6.45, 7) is 4.13. The molecule has 1 amide bonds. The van der Waals surface area contributed by atoms with Crippen LogP contribution in [0.4, 0.5) is 0 Å². The van der Waals surface area contributed by atoms with Crippen molar-refractivity contribution in [1.82, 2.24) is 4.90 Å². The van der Waals surface area contributed by atoms with Gasteiger partial charge in [-0.15, -0.1) is 0 Å². The Hall–Kier alpha value is -1.09. The number of primary amides is 1. The van der Waals surface area contributed by atoms with Crippen molar-refractivity contribution in [1.29, 1.82) is 0 Å². The molecule has 1 saturated heterocycles. The van der Waals surface area contributed by atoms with Gasteiger partial charge in [-0.05, 0) is 32.4 Å². The largest absolute Gasteiger partial charge is 0.368 e. The predicted octanol–water partition coefficient (Wildman–Crippen LogP) is 1.46. The van der Waals surface area contributed by atoms with E-state index >= 15 is 0 Å². The highest BCUT2D eigenvalue weighted by Crippen LogP contribution is 2.35. The maximum Gasteiger partial charge on any atom is 0.235 e. The van der Waals surface area contributed by atoms with Gasteiger partial charge in [-0.3, -0.25) is 9.69 Å². The number of likely N-dealkylation sites (tertiary alicyclic amines) is 1. The van der Waals surface area contributed by atoms with E-state index in [1.807, 2.05) is 12.2 Å². The molecule has 0 aromatic carbocycles. The van der Waals surface area contributed by atoms with Gasteiger partial charge in [-0.25, -0.2) is 0 Å². The molecule has 2 unspecified atom stereocenters. The Labute approximate surface area is 97.0 Å². The lowest BCUT2D eigenvalue weighted by Gasteiger charge is -2.39. The first kappa shape index (κ1) is 11.4. The minimum Gasteiger partial charge on any atom is -0.368 e. The standard InChI is InChI=1S/C13H20N2O/c1-13(7-3-2-4-8-13)11(12(14)16)15-9-5-6-10-15/h2-4,7,11H,5-6,8-10H2,1H3,(H2,14,16). The quantitative estimate of drug-likeness (QED) is 0.782. The molecule has 1 aliphatic heterocycles. The lowest BCUT2D eigenvalue weighted by Crippen LogP contribution is -2.52. The first-order chi connectivity index (χ1) is 7.63. The van der Waals surface area contributed by atoms with Crippen LogP contribution in [0.1, 0.15) is 26.2 Å². The van der Waals surface area contributed by atoms with Crippen molar-refractivity contribution in [2.24, 2.45) is 11.1 Å². The van der Waals surface area contributed by atoms with E-state index in [2.05, 4.69) is 24.0 Å². The lowest BCUT2D eigenvalue weighted by molar-refractivity contribution is -0.126. The van der Waals surface area contributed by atoms with E-state index in [4.69, 9.17) is 5.73 Å². The number of carbonyl (C=O) groups is 1. The number of rotatable bonds is 3. The van der Waals surface area contributed by atoms with Gasteiger partial charge < -0.3 is 5.73 Å². The van der Waals surface area contributed by atoms with Gasteiger partial charge in [0.1, 0.15) is 0 Å². The van der Waals surface area contributed by atoms with Gasteiger partial charge in [-0.1, -0.05) is 31.2 Å². The van der Waals surface area contributed by atoms with Gasteiger partial charge in [0.2, 0.25) is 5.91 Å². The van der Waals surface area contributed by atoms with Crippen LogP contribution < -0.4 is 5.73 Å². The monoisotopic (exact) mass is 220 g/mol. The Kier molecular flexibility index (Phi) is 3.15. The number of allylic oxidation sites excluding steroid dienone is 3. The summed E-state index contributed by atoms with van der Waals surface area (Å²) < 4.78 is 0. The van der Waals surface area contributed by atoms with Crippen molar-refractivity contribution in [3.05, 3.63) is 24.3 Å². The zero-order chi connectivity index (χ0) is 11.6. The molecular weight excluding hydrogens is 200 g/mol. The fourth-order valence-electron chi connectivity index (χ4n) is 2.87. The Morgan fingerprint density at radius 3 is 2.56 bits per heavy atom. The van der Waals surface area contributed by atoms with Crippen LogP contribution in [0.2, 0.25) is 0 Å². The summed E-state index contributed by atoms with van der Waals surface area (Å²) in [5.41, 5.74) is 5.46. The fourth-order valence-corrected chi connectivity index (χ4v) is 2.87. The second-order valence-corrected chi connectivity index (χ2v) is 5.05. The number of amides is 1. The zero-order valence-electron chi connectivity index (χ0n) is 9.86. The minimum absolute atomic E-state index is 0.134. The Morgan fingerprint density at radius 1 is 1.38 bits per heavy atom. The van der Waals surface area contributed by atoms with Crippen molar-refractivity contribution in [3.8, 4) is 0 Å². The van der Waals surface area contributed by atoms with E-state index in [9.17, 15) is 4.79 Å². The van der Waals surface area contributed by atoms with E-state index in [1.165, 1.54) is 12.8 Å². The summed E-state index contributed by atoms with van der Waals surface area (Å²) in [6, 6.07) is -0.156. The summed E-state index contributed by atoms with van der Waals surface area (Å²) in [4.78, 5) is 14.0. The summed E-state index contributed by atoms with van der Waals surface area (Å²) in [6.07, 6.45) is 11.6. The topological polar surface area (TPSA) is 46.3 Å². The highest BCUT2D eigenvalue weighted by atomic mass is 16.1. The second-order valence-electron chi connectivity index (χ2n) is 5.05. The van der Waals surface area contributed by atoms with E-state index in [0.29, 0.717) is 0 Å². The lowest BCUT2D eigenvalue weighted by atomic mass is 9.76. The van der Waals surface area contributed by atoms with E-state index in [1.54, 1.807) is 0 Å². The summed E-state index contributed by atoms with van der Waals surface area (Å²) in [5, 5.41) is 0. The average Bonchev–Trinajstić information content (AvgIpc) is 2.71. The maximum atomic E-state index is 11.7. The number of hydrogen-bond donors (Lipinski definition) is 1. The fraction of sp³-hybridized carbons (Fsp3) is 0.615. The normalized spacial score (nSPS) is 31.8. The highest BCUT2D eigenvalue weighted by molar-refractivity contribution is 5.81. The van der Waals surface area contributed by atoms with Gasteiger partial charge >= 0.3 is 0 Å². The molecule has 1 fully saturated rings. The van der Waals surface area contributed by atoms with Crippen LogP contribution in [-0.4, -0.2) is 29.9 Å². The Morgan fingerprint density at radius 2 is 2.06 bits per heavy atom. The molecule has 2 N–H and O–H groups in total. The van der Waals surface area contributed by atoms with Crippen LogP contribution in [0, 0.1) is 5.41 Å². The number of nitrogens with zero attached hydrogens (tertiary/aromatic N) is 1. The molecule has 1 aliphatic carbocycles.